The largest absolute Gasteiger partial charge is 0.496 e. The van der Waals surface area contributed by atoms with Crippen LogP contribution in [0.15, 0.2) is 12.1 Å². The van der Waals surface area contributed by atoms with E-state index in [2.05, 4.69) is 0 Å². The van der Waals surface area contributed by atoms with Crippen LogP contribution in [0.5, 0.6) is 5.75 Å². The van der Waals surface area contributed by atoms with Crippen molar-refractivity contribution < 1.29 is 26.7 Å². The van der Waals surface area contributed by atoms with Crippen molar-refractivity contribution in [2.45, 2.75) is 38.3 Å². The first-order valence-corrected chi connectivity index (χ1v) is 7.48. The highest BCUT2D eigenvalue weighted by Gasteiger charge is 2.37. The molecule has 0 amide bonds. The Labute approximate surface area is 132 Å². The number of alkyl halides is 5. The molecule has 0 unspecified atom stereocenters. The standard InChI is InChI=1S/C16H20F5NO/c1-11-13(23-2)4-3-12(14(11)16(19,20)21)5-8-22-9-6-15(17,18)7-10-22/h3-4H,5-10H2,1-2H3. The maximum absolute atomic E-state index is 13.3. The molecule has 23 heavy (non-hydrogen) atoms. The van der Waals surface area contributed by atoms with Crippen LogP contribution in [0.2, 0.25) is 0 Å². The Balaban J connectivity index is 2.13. The topological polar surface area (TPSA) is 12.5 Å². The number of ether oxygens (including phenoxy) is 1. The Morgan fingerprint density at radius 3 is 2.30 bits per heavy atom. The normalized spacial score (nSPS) is 18.9. The van der Waals surface area contributed by atoms with E-state index in [9.17, 15) is 22.0 Å². The second-order valence-electron chi connectivity index (χ2n) is 5.87. The van der Waals surface area contributed by atoms with Gasteiger partial charge < -0.3 is 9.64 Å². The molecule has 0 atom stereocenters. The Morgan fingerprint density at radius 1 is 1.17 bits per heavy atom. The minimum absolute atomic E-state index is 0.0580. The first-order valence-electron chi connectivity index (χ1n) is 7.48. The molecule has 0 aromatic heterocycles. The molecule has 0 N–H and O–H groups in total. The lowest BCUT2D eigenvalue weighted by atomic mass is 9.97. The van der Waals surface area contributed by atoms with E-state index >= 15 is 0 Å². The van der Waals surface area contributed by atoms with Gasteiger partial charge in [0, 0.05) is 38.0 Å². The van der Waals surface area contributed by atoms with E-state index < -0.39 is 17.7 Å². The molecule has 1 aromatic rings. The van der Waals surface area contributed by atoms with Crippen LogP contribution < -0.4 is 4.74 Å². The molecule has 1 aliphatic heterocycles. The molecule has 2 rings (SSSR count). The van der Waals surface area contributed by atoms with E-state index in [-0.39, 0.29) is 49.2 Å². The summed E-state index contributed by atoms with van der Waals surface area (Å²) in [5.74, 6) is -2.46. The SMILES string of the molecule is COc1ccc(CCN2CCC(F)(F)CC2)c(C(F)(F)F)c1C. The lowest BCUT2D eigenvalue weighted by Gasteiger charge is -2.32. The predicted molar refractivity (Wildman–Crippen MR) is 77.1 cm³/mol. The number of benzene rings is 1. The summed E-state index contributed by atoms with van der Waals surface area (Å²) in [5.41, 5.74) is -0.449. The fourth-order valence-corrected chi connectivity index (χ4v) is 2.96. The molecule has 130 valence electrons. The zero-order chi connectivity index (χ0) is 17.3. The molecular weight excluding hydrogens is 317 g/mol. The number of nitrogens with zero attached hydrogens (tertiary/aromatic N) is 1. The molecule has 0 aliphatic carbocycles. The second-order valence-corrected chi connectivity index (χ2v) is 5.87. The van der Waals surface area contributed by atoms with E-state index in [1.54, 1.807) is 4.90 Å². The maximum atomic E-state index is 13.3. The van der Waals surface area contributed by atoms with Gasteiger partial charge >= 0.3 is 6.18 Å². The molecule has 1 heterocycles. The zero-order valence-corrected chi connectivity index (χ0v) is 13.1. The maximum Gasteiger partial charge on any atom is 0.417 e. The Bertz CT molecular complexity index is 546. The smallest absolute Gasteiger partial charge is 0.417 e. The van der Waals surface area contributed by atoms with Crippen LogP contribution in [-0.4, -0.2) is 37.6 Å². The third kappa shape index (κ3) is 4.34. The molecule has 0 bridgehead atoms. The summed E-state index contributed by atoms with van der Waals surface area (Å²) in [6, 6.07) is 2.93. The average Bonchev–Trinajstić information content (AvgIpc) is 2.44. The molecule has 0 saturated carbocycles. The van der Waals surface area contributed by atoms with E-state index in [0.29, 0.717) is 6.54 Å². The molecule has 0 radical (unpaired) electrons. The monoisotopic (exact) mass is 337 g/mol. The van der Waals surface area contributed by atoms with Crippen molar-refractivity contribution in [3.05, 3.63) is 28.8 Å². The minimum Gasteiger partial charge on any atom is -0.496 e. The lowest BCUT2D eigenvalue weighted by molar-refractivity contribution is -0.138. The predicted octanol–water partition coefficient (Wildman–Crippen LogP) is 4.30. The van der Waals surface area contributed by atoms with Gasteiger partial charge in [-0.3, -0.25) is 0 Å². The van der Waals surface area contributed by atoms with Crippen LogP contribution in [-0.2, 0) is 12.6 Å². The molecule has 1 aromatic carbocycles. The van der Waals surface area contributed by atoms with Gasteiger partial charge in [0.25, 0.3) is 5.92 Å². The summed E-state index contributed by atoms with van der Waals surface area (Å²) >= 11 is 0. The summed E-state index contributed by atoms with van der Waals surface area (Å²) < 4.78 is 71.1. The average molecular weight is 337 g/mol. The third-order valence-electron chi connectivity index (χ3n) is 4.29. The van der Waals surface area contributed by atoms with Crippen LogP contribution in [0.25, 0.3) is 0 Å². The summed E-state index contributed by atoms with van der Waals surface area (Å²) in [6.07, 6.45) is -4.77. The molecular formula is C16H20F5NO. The van der Waals surface area contributed by atoms with Gasteiger partial charge in [-0.25, -0.2) is 8.78 Å². The summed E-state index contributed by atoms with van der Waals surface area (Å²) in [4.78, 5) is 1.79. The van der Waals surface area contributed by atoms with E-state index in [1.807, 2.05) is 0 Å². The van der Waals surface area contributed by atoms with Gasteiger partial charge in [0.1, 0.15) is 5.75 Å². The van der Waals surface area contributed by atoms with Gasteiger partial charge in [0.15, 0.2) is 0 Å². The van der Waals surface area contributed by atoms with Crippen LogP contribution in [0.1, 0.15) is 29.5 Å². The van der Waals surface area contributed by atoms with Crippen LogP contribution in [0.3, 0.4) is 0 Å². The van der Waals surface area contributed by atoms with Crippen molar-refractivity contribution in [1.29, 1.82) is 0 Å². The molecule has 7 heteroatoms. The van der Waals surface area contributed by atoms with Gasteiger partial charge in [-0.2, -0.15) is 13.2 Å². The van der Waals surface area contributed by atoms with Crippen molar-refractivity contribution in [3.63, 3.8) is 0 Å². The van der Waals surface area contributed by atoms with Crippen LogP contribution >= 0.6 is 0 Å². The van der Waals surface area contributed by atoms with Gasteiger partial charge in [0.2, 0.25) is 0 Å². The zero-order valence-electron chi connectivity index (χ0n) is 13.1. The minimum atomic E-state index is -4.47. The summed E-state index contributed by atoms with van der Waals surface area (Å²) in [6.45, 7) is 2.14. The van der Waals surface area contributed by atoms with E-state index in [1.165, 1.54) is 26.2 Å². The van der Waals surface area contributed by atoms with Gasteiger partial charge in [-0.05, 0) is 25.0 Å². The number of methoxy groups -OCH3 is 1. The Morgan fingerprint density at radius 2 is 1.78 bits per heavy atom. The van der Waals surface area contributed by atoms with Crippen molar-refractivity contribution in [2.24, 2.45) is 0 Å². The number of likely N-dealkylation sites (tertiary alicyclic amines) is 1. The first kappa shape index (κ1) is 18.0. The van der Waals surface area contributed by atoms with Crippen molar-refractivity contribution >= 4 is 0 Å². The van der Waals surface area contributed by atoms with Crippen molar-refractivity contribution in [2.75, 3.05) is 26.7 Å². The quantitative estimate of drug-likeness (QED) is 0.760. The number of rotatable bonds is 4. The fourth-order valence-electron chi connectivity index (χ4n) is 2.96. The second kappa shape index (κ2) is 6.63. The van der Waals surface area contributed by atoms with Gasteiger partial charge in [-0.15, -0.1) is 0 Å². The highest BCUT2D eigenvalue weighted by Crippen LogP contribution is 2.38. The first-order chi connectivity index (χ1) is 10.6. The lowest BCUT2D eigenvalue weighted by Crippen LogP contribution is -2.40. The number of piperidine rings is 1. The van der Waals surface area contributed by atoms with E-state index in [0.717, 1.165) is 0 Å². The van der Waals surface area contributed by atoms with Gasteiger partial charge in [0.05, 0.1) is 12.7 Å². The third-order valence-corrected chi connectivity index (χ3v) is 4.29. The molecule has 2 nitrogen and oxygen atoms in total. The number of hydrogen-bond donors (Lipinski definition) is 0. The molecule has 0 spiro atoms. The summed E-state index contributed by atoms with van der Waals surface area (Å²) in [5, 5.41) is 0. The number of halogens is 5. The Kier molecular flexibility index (Phi) is 5.18. The highest BCUT2D eigenvalue weighted by atomic mass is 19.4. The summed E-state index contributed by atoms with van der Waals surface area (Å²) in [7, 11) is 1.33. The molecule has 1 fully saturated rings. The Hall–Kier alpha value is -1.37. The fraction of sp³-hybridized carbons (Fsp3) is 0.625. The highest BCUT2D eigenvalue weighted by molar-refractivity contribution is 5.46. The van der Waals surface area contributed by atoms with Crippen LogP contribution in [0.4, 0.5) is 22.0 Å². The number of hydrogen-bond acceptors (Lipinski definition) is 2. The molecule has 1 saturated heterocycles. The molecule has 1 aliphatic rings. The van der Waals surface area contributed by atoms with Gasteiger partial charge in [-0.1, -0.05) is 6.07 Å². The van der Waals surface area contributed by atoms with Crippen molar-refractivity contribution in [1.82, 2.24) is 4.90 Å². The van der Waals surface area contributed by atoms with Crippen molar-refractivity contribution in [3.8, 4) is 5.75 Å². The van der Waals surface area contributed by atoms with Crippen LogP contribution in [0, 0.1) is 6.92 Å². The van der Waals surface area contributed by atoms with E-state index in [4.69, 9.17) is 4.74 Å².